The maximum atomic E-state index is 12.4. The topological polar surface area (TPSA) is 117 Å². The Morgan fingerprint density at radius 1 is 1.12 bits per heavy atom. The van der Waals surface area contributed by atoms with Crippen LogP contribution in [-0.2, 0) is 6.54 Å². The number of nitrogen functional groups attached to an aromatic ring is 1. The molecular formula is C18H16N4O3S. The second-order valence-corrected chi connectivity index (χ2v) is 6.37. The van der Waals surface area contributed by atoms with Gasteiger partial charge in [-0.05, 0) is 41.3 Å². The van der Waals surface area contributed by atoms with Gasteiger partial charge in [0.15, 0.2) is 5.82 Å². The van der Waals surface area contributed by atoms with Crippen molar-refractivity contribution in [2.75, 3.05) is 11.1 Å². The fraction of sp³-hybridized carbons (Fsp3) is 0.0556. The molecule has 0 aliphatic rings. The van der Waals surface area contributed by atoms with Gasteiger partial charge in [0.1, 0.15) is 0 Å². The van der Waals surface area contributed by atoms with Crippen molar-refractivity contribution in [1.82, 2.24) is 10.3 Å². The Morgan fingerprint density at radius 2 is 1.88 bits per heavy atom. The lowest BCUT2D eigenvalue weighted by Crippen LogP contribution is -2.20. The number of hydrogen-bond donors (Lipinski definition) is 4. The fourth-order valence-electron chi connectivity index (χ4n) is 2.26. The summed E-state index contributed by atoms with van der Waals surface area (Å²) in [7, 11) is 0. The van der Waals surface area contributed by atoms with Gasteiger partial charge in [0.25, 0.3) is 5.91 Å². The normalized spacial score (nSPS) is 10.3. The summed E-state index contributed by atoms with van der Waals surface area (Å²) in [6.45, 7) is 0.175. The largest absolute Gasteiger partial charge is 0.465 e. The van der Waals surface area contributed by atoms with Gasteiger partial charge in [0.2, 0.25) is 0 Å². The lowest BCUT2D eigenvalue weighted by atomic mass is 10.1. The summed E-state index contributed by atoms with van der Waals surface area (Å²) in [6.07, 6.45) is -1.10. The molecule has 7 nitrogen and oxygen atoms in total. The quantitative estimate of drug-likeness (QED) is 0.550. The second-order valence-electron chi connectivity index (χ2n) is 5.42. The summed E-state index contributed by atoms with van der Waals surface area (Å²) in [5, 5.41) is 15.5. The molecular weight excluding hydrogens is 352 g/mol. The molecule has 132 valence electrons. The van der Waals surface area contributed by atoms with Crippen LogP contribution in [0.25, 0.3) is 10.6 Å². The van der Waals surface area contributed by atoms with E-state index in [9.17, 15) is 9.59 Å². The van der Waals surface area contributed by atoms with Crippen LogP contribution in [0, 0.1) is 0 Å². The van der Waals surface area contributed by atoms with E-state index in [0.29, 0.717) is 17.1 Å². The Labute approximate surface area is 153 Å². The van der Waals surface area contributed by atoms with Crippen molar-refractivity contribution in [3.05, 3.63) is 65.0 Å². The molecule has 26 heavy (non-hydrogen) atoms. The standard InChI is InChI=1S/C18H16N4O3S/c19-13-7-8-14(15-2-1-9-26-15)21-16(13)22-17(23)12-5-3-11(4-6-12)10-20-18(24)25/h1-9,20H,10,19H2,(H,24,25)(H,21,22,23). The Morgan fingerprint density at radius 3 is 2.54 bits per heavy atom. The van der Waals surface area contributed by atoms with Gasteiger partial charge in [0.05, 0.1) is 16.3 Å². The maximum absolute atomic E-state index is 12.4. The first-order valence-corrected chi connectivity index (χ1v) is 8.58. The maximum Gasteiger partial charge on any atom is 0.404 e. The lowest BCUT2D eigenvalue weighted by molar-refractivity contribution is 0.102. The number of benzene rings is 1. The third kappa shape index (κ3) is 4.17. The highest BCUT2D eigenvalue weighted by Gasteiger charge is 2.11. The zero-order valence-electron chi connectivity index (χ0n) is 13.6. The fourth-order valence-corrected chi connectivity index (χ4v) is 2.96. The molecule has 0 aliphatic heterocycles. The van der Waals surface area contributed by atoms with Crippen molar-refractivity contribution >= 4 is 34.8 Å². The molecule has 2 amide bonds. The predicted molar refractivity (Wildman–Crippen MR) is 101 cm³/mol. The number of thiophene rings is 1. The Bertz CT molecular complexity index is 924. The van der Waals surface area contributed by atoms with Gasteiger partial charge < -0.3 is 21.5 Å². The molecule has 0 saturated heterocycles. The summed E-state index contributed by atoms with van der Waals surface area (Å²) >= 11 is 1.55. The van der Waals surface area contributed by atoms with Crippen LogP contribution in [0.4, 0.5) is 16.3 Å². The molecule has 1 aromatic carbocycles. The first-order chi connectivity index (χ1) is 12.5. The molecule has 3 aromatic rings. The van der Waals surface area contributed by atoms with Crippen molar-refractivity contribution in [3.63, 3.8) is 0 Å². The minimum Gasteiger partial charge on any atom is -0.465 e. The molecule has 5 N–H and O–H groups in total. The van der Waals surface area contributed by atoms with Crippen molar-refractivity contribution < 1.29 is 14.7 Å². The molecule has 8 heteroatoms. The van der Waals surface area contributed by atoms with Crippen LogP contribution in [0.1, 0.15) is 15.9 Å². The van der Waals surface area contributed by atoms with Crippen LogP contribution >= 0.6 is 11.3 Å². The molecule has 0 fully saturated rings. The zero-order valence-corrected chi connectivity index (χ0v) is 14.4. The minimum absolute atomic E-state index is 0.175. The monoisotopic (exact) mass is 368 g/mol. The first-order valence-electron chi connectivity index (χ1n) is 7.70. The number of hydrogen-bond acceptors (Lipinski definition) is 5. The van der Waals surface area contributed by atoms with Crippen LogP contribution in [0.3, 0.4) is 0 Å². The van der Waals surface area contributed by atoms with E-state index in [0.717, 1.165) is 16.1 Å². The molecule has 3 rings (SSSR count). The van der Waals surface area contributed by atoms with E-state index in [4.69, 9.17) is 10.8 Å². The number of nitrogens with zero attached hydrogens (tertiary/aromatic N) is 1. The smallest absolute Gasteiger partial charge is 0.404 e. The van der Waals surface area contributed by atoms with E-state index >= 15 is 0 Å². The number of nitrogens with one attached hydrogen (secondary N) is 2. The van der Waals surface area contributed by atoms with Gasteiger partial charge in [-0.1, -0.05) is 18.2 Å². The van der Waals surface area contributed by atoms with Gasteiger partial charge in [-0.15, -0.1) is 11.3 Å². The highest BCUT2D eigenvalue weighted by molar-refractivity contribution is 7.13. The first kappa shape index (κ1) is 17.4. The number of pyridine rings is 1. The third-order valence-corrected chi connectivity index (χ3v) is 4.48. The Balaban J connectivity index is 1.73. The van der Waals surface area contributed by atoms with E-state index < -0.39 is 6.09 Å². The summed E-state index contributed by atoms with van der Waals surface area (Å²) in [5.41, 5.74) is 8.21. The van der Waals surface area contributed by atoms with Gasteiger partial charge in [-0.2, -0.15) is 0 Å². The number of rotatable bonds is 5. The summed E-state index contributed by atoms with van der Waals surface area (Å²) in [6, 6.07) is 14.0. The van der Waals surface area contributed by atoms with Gasteiger partial charge in [-0.3, -0.25) is 4.79 Å². The van der Waals surface area contributed by atoms with Gasteiger partial charge >= 0.3 is 6.09 Å². The van der Waals surface area contributed by atoms with Crippen LogP contribution in [-0.4, -0.2) is 22.1 Å². The highest BCUT2D eigenvalue weighted by Crippen LogP contribution is 2.26. The van der Waals surface area contributed by atoms with E-state index in [1.54, 1.807) is 47.7 Å². The van der Waals surface area contributed by atoms with Crippen molar-refractivity contribution in [2.45, 2.75) is 6.54 Å². The van der Waals surface area contributed by atoms with E-state index in [1.165, 1.54) is 0 Å². The number of carbonyl (C=O) groups excluding carboxylic acids is 1. The zero-order chi connectivity index (χ0) is 18.5. The predicted octanol–water partition coefficient (Wildman–Crippen LogP) is 3.41. The summed E-state index contributed by atoms with van der Waals surface area (Å²) in [4.78, 5) is 28.3. The van der Waals surface area contributed by atoms with Crippen molar-refractivity contribution in [2.24, 2.45) is 0 Å². The Kier molecular flexibility index (Phi) is 5.14. The molecule has 0 aliphatic carbocycles. The summed E-state index contributed by atoms with van der Waals surface area (Å²) < 4.78 is 0. The number of aromatic nitrogens is 1. The van der Waals surface area contributed by atoms with Crippen LogP contribution in [0.2, 0.25) is 0 Å². The molecule has 0 atom stereocenters. The number of carboxylic acid groups (broad SMARTS) is 1. The molecule has 0 saturated carbocycles. The molecule has 0 bridgehead atoms. The summed E-state index contributed by atoms with van der Waals surface area (Å²) in [5.74, 6) is -0.0391. The molecule has 0 radical (unpaired) electrons. The number of carbonyl (C=O) groups is 2. The lowest BCUT2D eigenvalue weighted by Gasteiger charge is -2.09. The van der Waals surface area contributed by atoms with Crippen molar-refractivity contribution in [1.29, 1.82) is 0 Å². The van der Waals surface area contributed by atoms with E-state index in [-0.39, 0.29) is 12.5 Å². The molecule has 0 unspecified atom stereocenters. The molecule has 2 aromatic heterocycles. The third-order valence-electron chi connectivity index (χ3n) is 3.59. The number of amides is 2. The van der Waals surface area contributed by atoms with E-state index in [1.807, 2.05) is 17.5 Å². The average molecular weight is 368 g/mol. The van der Waals surface area contributed by atoms with Gasteiger partial charge in [-0.25, -0.2) is 9.78 Å². The van der Waals surface area contributed by atoms with Crippen LogP contribution in [0.15, 0.2) is 53.9 Å². The molecule has 2 heterocycles. The van der Waals surface area contributed by atoms with Crippen molar-refractivity contribution in [3.8, 4) is 10.6 Å². The average Bonchev–Trinajstić information content (AvgIpc) is 3.17. The van der Waals surface area contributed by atoms with Gasteiger partial charge in [0, 0.05) is 12.1 Å². The SMILES string of the molecule is Nc1ccc(-c2cccs2)nc1NC(=O)c1ccc(CNC(=O)O)cc1. The second kappa shape index (κ2) is 7.66. The van der Waals surface area contributed by atoms with E-state index in [2.05, 4.69) is 15.6 Å². The van der Waals surface area contributed by atoms with Crippen LogP contribution < -0.4 is 16.4 Å². The molecule has 0 spiro atoms. The minimum atomic E-state index is -1.10. The Hall–Kier alpha value is -3.39. The number of nitrogens with two attached hydrogens (primary N) is 1. The van der Waals surface area contributed by atoms with Crippen LogP contribution in [0.5, 0.6) is 0 Å². The number of anilines is 2. The highest BCUT2D eigenvalue weighted by atomic mass is 32.1.